The maximum absolute atomic E-state index is 13.2. The van der Waals surface area contributed by atoms with E-state index >= 15 is 0 Å². The van der Waals surface area contributed by atoms with Crippen molar-refractivity contribution in [3.63, 3.8) is 0 Å². The van der Waals surface area contributed by atoms with Crippen LogP contribution in [0.4, 0.5) is 4.39 Å². The van der Waals surface area contributed by atoms with Gasteiger partial charge in [0.05, 0.1) is 4.70 Å². The lowest BCUT2D eigenvalue weighted by atomic mass is 10.2. The summed E-state index contributed by atoms with van der Waals surface area (Å²) in [6.45, 7) is 0. The van der Waals surface area contributed by atoms with Crippen LogP contribution in [0.2, 0.25) is 0 Å². The second-order valence-electron chi connectivity index (χ2n) is 2.74. The zero-order valence-electron chi connectivity index (χ0n) is 6.79. The van der Waals surface area contributed by atoms with Crippen LogP contribution in [-0.4, -0.2) is 6.29 Å². The number of halogens is 1. The molecule has 1 aromatic carbocycles. The smallest absolute Gasteiger partial charge is 0.140 e. The van der Waals surface area contributed by atoms with Gasteiger partial charge in [-0.25, -0.2) is 4.39 Å². The highest BCUT2D eigenvalue weighted by atomic mass is 32.1. The third-order valence-corrected chi connectivity index (χ3v) is 3.01. The van der Waals surface area contributed by atoms with E-state index in [1.807, 2.05) is 12.1 Å². The zero-order chi connectivity index (χ0) is 9.26. The molecule has 0 aliphatic rings. The fourth-order valence-electron chi connectivity index (χ4n) is 1.26. The number of aldehydes is 1. The van der Waals surface area contributed by atoms with Crippen molar-refractivity contribution in [3.05, 3.63) is 35.0 Å². The Labute approximate surface area is 78.8 Å². The van der Waals surface area contributed by atoms with Gasteiger partial charge in [0.15, 0.2) is 0 Å². The van der Waals surface area contributed by atoms with Crippen molar-refractivity contribution in [3.8, 4) is 0 Å². The zero-order valence-corrected chi connectivity index (χ0v) is 7.60. The van der Waals surface area contributed by atoms with Crippen molar-refractivity contribution in [1.29, 1.82) is 0 Å². The Balaban J connectivity index is 2.61. The van der Waals surface area contributed by atoms with Crippen molar-refractivity contribution in [1.82, 2.24) is 0 Å². The van der Waals surface area contributed by atoms with E-state index in [1.54, 1.807) is 6.07 Å². The van der Waals surface area contributed by atoms with Gasteiger partial charge < -0.3 is 4.79 Å². The van der Waals surface area contributed by atoms with Crippen molar-refractivity contribution in [2.75, 3.05) is 0 Å². The summed E-state index contributed by atoms with van der Waals surface area (Å²) in [4.78, 5) is 11.2. The Morgan fingerprint density at radius 1 is 1.46 bits per heavy atom. The number of rotatable bonds is 2. The summed E-state index contributed by atoms with van der Waals surface area (Å²) in [5, 5.41) is 0.877. The number of hydrogen-bond donors (Lipinski definition) is 0. The Morgan fingerprint density at radius 2 is 2.31 bits per heavy atom. The predicted molar refractivity (Wildman–Crippen MR) is 51.6 cm³/mol. The van der Waals surface area contributed by atoms with Crippen LogP contribution in [0.25, 0.3) is 10.1 Å². The lowest BCUT2D eigenvalue weighted by Gasteiger charge is -1.88. The second kappa shape index (κ2) is 3.26. The molecule has 0 amide bonds. The van der Waals surface area contributed by atoms with E-state index in [0.29, 0.717) is 11.1 Å². The van der Waals surface area contributed by atoms with Crippen LogP contribution in [0, 0.1) is 5.82 Å². The minimum absolute atomic E-state index is 0.209. The van der Waals surface area contributed by atoms with Gasteiger partial charge in [0.1, 0.15) is 12.1 Å². The molecule has 0 bridgehead atoms. The molecule has 0 saturated heterocycles. The van der Waals surface area contributed by atoms with E-state index in [-0.39, 0.29) is 5.82 Å². The molecule has 0 N–H and O–H groups in total. The quantitative estimate of drug-likeness (QED) is 0.672. The maximum Gasteiger partial charge on any atom is 0.140 e. The molecule has 1 aromatic heterocycles. The van der Waals surface area contributed by atoms with E-state index < -0.39 is 0 Å². The molecule has 0 fully saturated rings. The summed E-state index contributed by atoms with van der Waals surface area (Å²) >= 11 is 1.34. The molecule has 0 saturated carbocycles. The molecular weight excluding hydrogens is 187 g/mol. The first kappa shape index (κ1) is 8.38. The van der Waals surface area contributed by atoms with Gasteiger partial charge in [-0.3, -0.25) is 0 Å². The normalized spacial score (nSPS) is 10.5. The van der Waals surface area contributed by atoms with Gasteiger partial charge in [0, 0.05) is 11.3 Å². The SMILES string of the molecule is O=CCc1cc2cccc(F)c2s1. The minimum Gasteiger partial charge on any atom is -0.303 e. The van der Waals surface area contributed by atoms with Crippen molar-refractivity contribution < 1.29 is 9.18 Å². The Kier molecular flexibility index (Phi) is 2.10. The van der Waals surface area contributed by atoms with Gasteiger partial charge in [0.2, 0.25) is 0 Å². The van der Waals surface area contributed by atoms with E-state index in [1.165, 1.54) is 17.4 Å². The molecule has 1 heterocycles. The molecule has 2 aromatic rings. The fraction of sp³-hybridized carbons (Fsp3) is 0.100. The van der Waals surface area contributed by atoms with Gasteiger partial charge in [-0.05, 0) is 17.5 Å². The first-order valence-corrected chi connectivity index (χ1v) is 4.73. The van der Waals surface area contributed by atoms with Gasteiger partial charge in [-0.1, -0.05) is 12.1 Å². The number of fused-ring (bicyclic) bond motifs is 1. The summed E-state index contributed by atoms with van der Waals surface area (Å²) in [5.41, 5.74) is 0. The van der Waals surface area contributed by atoms with E-state index in [2.05, 4.69) is 0 Å². The van der Waals surface area contributed by atoms with Crippen LogP contribution >= 0.6 is 11.3 Å². The third-order valence-electron chi connectivity index (χ3n) is 1.83. The second-order valence-corrected chi connectivity index (χ2v) is 3.88. The molecule has 0 spiro atoms. The van der Waals surface area contributed by atoms with Gasteiger partial charge >= 0.3 is 0 Å². The van der Waals surface area contributed by atoms with Crippen molar-refractivity contribution >= 4 is 27.7 Å². The Bertz CT molecular complexity index is 447. The monoisotopic (exact) mass is 194 g/mol. The molecule has 3 heteroatoms. The van der Waals surface area contributed by atoms with E-state index in [9.17, 15) is 9.18 Å². The molecule has 2 rings (SSSR count). The predicted octanol–water partition coefficient (Wildman–Crippen LogP) is 2.78. The third kappa shape index (κ3) is 1.47. The Hall–Kier alpha value is -1.22. The maximum atomic E-state index is 13.2. The lowest BCUT2D eigenvalue weighted by molar-refractivity contribution is -0.107. The summed E-state index contributed by atoms with van der Waals surface area (Å²) < 4.78 is 13.8. The van der Waals surface area contributed by atoms with Crippen LogP contribution < -0.4 is 0 Å². The molecular formula is C10H7FOS. The van der Waals surface area contributed by atoms with Crippen molar-refractivity contribution in [2.45, 2.75) is 6.42 Å². The molecule has 0 radical (unpaired) electrons. The fourth-order valence-corrected chi connectivity index (χ4v) is 2.27. The molecule has 0 aliphatic carbocycles. The van der Waals surface area contributed by atoms with Gasteiger partial charge in [0.25, 0.3) is 0 Å². The highest BCUT2D eigenvalue weighted by Crippen LogP contribution is 2.27. The molecule has 1 nitrogen and oxygen atoms in total. The van der Waals surface area contributed by atoms with E-state index in [0.717, 1.165) is 16.5 Å². The largest absolute Gasteiger partial charge is 0.303 e. The van der Waals surface area contributed by atoms with Gasteiger partial charge in [-0.15, -0.1) is 11.3 Å². The highest BCUT2D eigenvalue weighted by Gasteiger charge is 2.04. The van der Waals surface area contributed by atoms with Crippen LogP contribution in [-0.2, 0) is 11.2 Å². The van der Waals surface area contributed by atoms with E-state index in [4.69, 9.17) is 0 Å². The number of benzene rings is 1. The number of carbonyl (C=O) groups excluding carboxylic acids is 1. The van der Waals surface area contributed by atoms with Crippen LogP contribution in [0.5, 0.6) is 0 Å². The van der Waals surface area contributed by atoms with Crippen LogP contribution in [0.15, 0.2) is 24.3 Å². The standard InChI is InChI=1S/C10H7FOS/c11-9-3-1-2-7-6-8(4-5-12)13-10(7)9/h1-3,5-6H,4H2. The summed E-state index contributed by atoms with van der Waals surface area (Å²) in [6, 6.07) is 6.82. The topological polar surface area (TPSA) is 17.1 Å². The molecule has 66 valence electrons. The molecule has 0 atom stereocenters. The summed E-state index contributed by atoms with van der Waals surface area (Å²) in [6.07, 6.45) is 1.21. The summed E-state index contributed by atoms with van der Waals surface area (Å²) in [7, 11) is 0. The highest BCUT2D eigenvalue weighted by molar-refractivity contribution is 7.19. The van der Waals surface area contributed by atoms with Crippen LogP contribution in [0.3, 0.4) is 0 Å². The number of carbonyl (C=O) groups is 1. The van der Waals surface area contributed by atoms with Gasteiger partial charge in [-0.2, -0.15) is 0 Å². The van der Waals surface area contributed by atoms with Crippen LogP contribution in [0.1, 0.15) is 4.88 Å². The van der Waals surface area contributed by atoms with Crippen molar-refractivity contribution in [2.24, 2.45) is 0 Å². The first-order valence-electron chi connectivity index (χ1n) is 3.92. The number of thiophene rings is 1. The molecule has 0 aliphatic heterocycles. The lowest BCUT2D eigenvalue weighted by Crippen LogP contribution is -1.76. The molecule has 0 unspecified atom stereocenters. The average molecular weight is 194 g/mol. The average Bonchev–Trinajstić information content (AvgIpc) is 2.49. The number of hydrogen-bond acceptors (Lipinski definition) is 2. The molecule has 13 heavy (non-hydrogen) atoms. The minimum atomic E-state index is -0.209. The summed E-state index contributed by atoms with van der Waals surface area (Å²) in [5.74, 6) is -0.209. The first-order chi connectivity index (χ1) is 6.31. The Morgan fingerprint density at radius 3 is 3.00 bits per heavy atom.